The van der Waals surface area contributed by atoms with Crippen LogP contribution in [0, 0.1) is 6.92 Å². The maximum atomic E-state index is 2.29. The number of halogens is 1. The van der Waals surface area contributed by atoms with E-state index in [1.54, 1.807) is 0 Å². The molecule has 0 unspecified atom stereocenters. The fraction of sp³-hybridized carbons (Fsp3) is 0.500. The van der Waals surface area contributed by atoms with Crippen LogP contribution in [0.3, 0.4) is 0 Å². The fourth-order valence-electron chi connectivity index (χ4n) is 0.703. The molecule has 0 N–H and O–H groups in total. The molecule has 0 radical (unpaired) electrons. The van der Waals surface area contributed by atoms with Crippen LogP contribution < -0.4 is 28.5 Å². The van der Waals surface area contributed by atoms with Gasteiger partial charge in [-0.05, 0) is 0 Å². The van der Waals surface area contributed by atoms with Gasteiger partial charge in [-0.2, -0.15) is 0 Å². The third-order valence-corrected chi connectivity index (χ3v) is 2.97. The number of hydrogen-bond acceptors (Lipinski definition) is 0. The number of rotatable bonds is 1. The van der Waals surface area contributed by atoms with Crippen molar-refractivity contribution in [3.63, 3.8) is 0 Å². The Labute approximate surface area is 78.9 Å². The van der Waals surface area contributed by atoms with E-state index in [-0.39, 0.29) is 24.0 Å². The van der Waals surface area contributed by atoms with Gasteiger partial charge in [-0.15, -0.1) is 0 Å². The van der Waals surface area contributed by atoms with Gasteiger partial charge in [-0.1, -0.05) is 0 Å². The van der Waals surface area contributed by atoms with E-state index >= 15 is 0 Å². The quantitative estimate of drug-likeness (QED) is 0.303. The van der Waals surface area contributed by atoms with Crippen molar-refractivity contribution < 1.29 is 28.5 Å². The molecule has 3 heteroatoms. The van der Waals surface area contributed by atoms with E-state index in [0.717, 1.165) is 6.54 Å². The molecule has 9 heavy (non-hydrogen) atoms. The van der Waals surface area contributed by atoms with Gasteiger partial charge in [0.2, 0.25) is 0 Å². The zero-order chi connectivity index (χ0) is 5.98. The van der Waals surface area contributed by atoms with Crippen LogP contribution in [0.1, 0.15) is 11.5 Å². The van der Waals surface area contributed by atoms with Crippen LogP contribution in [-0.2, 0) is 6.54 Å². The van der Waals surface area contributed by atoms with Crippen molar-refractivity contribution in [2.45, 2.75) is 20.4 Å². The maximum Gasteiger partial charge on any atom is -1.00 e. The standard InChI is InChI=1S/C6H10NSe.HI/c1-3-7-4-5-8-6(7)2;/h4-5H,3H2,1-2H3;1H/q+1;/p-1. The molecule has 0 saturated carbocycles. The third kappa shape index (κ3) is 2.40. The van der Waals surface area contributed by atoms with Gasteiger partial charge in [0.1, 0.15) is 0 Å². The smallest absolute Gasteiger partial charge is 1.00 e. The third-order valence-electron chi connectivity index (χ3n) is 1.22. The maximum absolute atomic E-state index is 2.29. The normalized spacial score (nSPS) is 8.67. The van der Waals surface area contributed by atoms with E-state index in [1.807, 2.05) is 0 Å². The van der Waals surface area contributed by atoms with Gasteiger partial charge < -0.3 is 24.0 Å². The van der Waals surface area contributed by atoms with E-state index < -0.39 is 0 Å². The molecule has 1 aromatic heterocycles. The largest absolute Gasteiger partial charge is 1.00 e. The summed E-state index contributed by atoms with van der Waals surface area (Å²) in [5.41, 5.74) is 0. The molecule has 52 valence electrons. The van der Waals surface area contributed by atoms with Crippen LogP contribution in [0.5, 0.6) is 0 Å². The predicted molar refractivity (Wildman–Crippen MR) is 34.0 cm³/mol. The number of aryl methyl sites for hydroxylation is 2. The molecule has 0 aromatic carbocycles. The average molecular weight is 302 g/mol. The van der Waals surface area contributed by atoms with Gasteiger partial charge in [-0.3, -0.25) is 0 Å². The Balaban J connectivity index is 0.000000640. The molecule has 1 rings (SSSR count). The molecule has 0 amide bonds. The van der Waals surface area contributed by atoms with Gasteiger partial charge in [0.05, 0.1) is 0 Å². The Bertz CT molecular complexity index is 173. The first-order valence-electron chi connectivity index (χ1n) is 2.78. The first-order chi connectivity index (χ1) is 3.84. The van der Waals surface area contributed by atoms with Gasteiger partial charge in [0, 0.05) is 0 Å². The molecule has 1 aromatic rings. The van der Waals surface area contributed by atoms with Crippen molar-refractivity contribution in [2.75, 3.05) is 0 Å². The summed E-state index contributed by atoms with van der Waals surface area (Å²) in [5.74, 6) is 0. The van der Waals surface area contributed by atoms with Crippen molar-refractivity contribution in [1.82, 2.24) is 0 Å². The Kier molecular flexibility index (Phi) is 4.80. The predicted octanol–water partition coefficient (Wildman–Crippen LogP) is -2.64. The van der Waals surface area contributed by atoms with E-state index in [0.29, 0.717) is 14.5 Å². The van der Waals surface area contributed by atoms with Crippen LogP contribution in [0.25, 0.3) is 0 Å². The Hall–Kier alpha value is 0.659. The molecule has 0 fully saturated rings. The second-order valence-corrected chi connectivity index (χ2v) is 4.01. The zero-order valence-corrected chi connectivity index (χ0v) is 9.47. The Morgan fingerprint density at radius 2 is 2.33 bits per heavy atom. The summed E-state index contributed by atoms with van der Waals surface area (Å²) in [4.78, 5) is 2.26. The molecule has 0 saturated heterocycles. The van der Waals surface area contributed by atoms with Crippen LogP contribution in [0.15, 0.2) is 11.1 Å². The van der Waals surface area contributed by atoms with Gasteiger partial charge in [-0.25, -0.2) is 0 Å². The topological polar surface area (TPSA) is 3.88 Å². The SMILES string of the molecule is CC[n+]1cc[se]c1C.[I-]. The fourth-order valence-corrected chi connectivity index (χ4v) is 2.23. The van der Waals surface area contributed by atoms with Crippen molar-refractivity contribution in [1.29, 1.82) is 0 Å². The molecule has 0 aliphatic heterocycles. The molecular formula is C6H10INSe. The molecule has 0 spiro atoms. The summed E-state index contributed by atoms with van der Waals surface area (Å²) in [5, 5.41) is 0. The summed E-state index contributed by atoms with van der Waals surface area (Å²) in [6.07, 6.45) is 2.18. The minimum Gasteiger partial charge on any atom is -1.00 e. The minimum atomic E-state index is 0. The molecular weight excluding hydrogens is 292 g/mol. The number of nitrogens with zero attached hydrogens (tertiary/aromatic N) is 1. The number of hydrogen-bond donors (Lipinski definition) is 0. The summed E-state index contributed by atoms with van der Waals surface area (Å²) in [6, 6.07) is 0. The Morgan fingerprint density at radius 3 is 2.56 bits per heavy atom. The van der Waals surface area contributed by atoms with Gasteiger partial charge >= 0.3 is 55.2 Å². The summed E-state index contributed by atoms with van der Waals surface area (Å²) in [6.45, 7) is 5.50. The second-order valence-electron chi connectivity index (χ2n) is 1.71. The second kappa shape index (κ2) is 4.47. The van der Waals surface area contributed by atoms with E-state index in [1.165, 1.54) is 4.57 Å². The minimum absolute atomic E-state index is 0. The zero-order valence-electron chi connectivity index (χ0n) is 5.60. The summed E-state index contributed by atoms with van der Waals surface area (Å²) < 4.78 is 3.82. The average Bonchev–Trinajstić information content (AvgIpc) is 2.14. The molecule has 0 aliphatic rings. The first kappa shape index (κ1) is 9.66. The Morgan fingerprint density at radius 1 is 1.67 bits per heavy atom. The van der Waals surface area contributed by atoms with Crippen LogP contribution in [0.4, 0.5) is 0 Å². The molecule has 0 atom stereocenters. The van der Waals surface area contributed by atoms with E-state index in [4.69, 9.17) is 0 Å². The molecule has 0 bridgehead atoms. The van der Waals surface area contributed by atoms with Crippen molar-refractivity contribution in [3.05, 3.63) is 15.7 Å². The van der Waals surface area contributed by atoms with Crippen LogP contribution >= 0.6 is 0 Å². The molecule has 1 nitrogen and oxygen atoms in total. The summed E-state index contributed by atoms with van der Waals surface area (Å²) >= 11 is 0.663. The van der Waals surface area contributed by atoms with Gasteiger partial charge in [0.25, 0.3) is 0 Å². The number of aromatic nitrogens is 1. The molecule has 0 aliphatic carbocycles. The van der Waals surface area contributed by atoms with E-state index in [2.05, 4.69) is 29.6 Å². The van der Waals surface area contributed by atoms with Crippen molar-refractivity contribution in [2.24, 2.45) is 0 Å². The van der Waals surface area contributed by atoms with Crippen molar-refractivity contribution in [3.8, 4) is 0 Å². The van der Waals surface area contributed by atoms with Crippen LogP contribution in [0.2, 0.25) is 0 Å². The summed E-state index contributed by atoms with van der Waals surface area (Å²) in [7, 11) is 0. The van der Waals surface area contributed by atoms with Gasteiger partial charge in [0.15, 0.2) is 0 Å². The van der Waals surface area contributed by atoms with E-state index in [9.17, 15) is 0 Å². The van der Waals surface area contributed by atoms with Crippen LogP contribution in [-0.4, -0.2) is 14.5 Å². The van der Waals surface area contributed by atoms with Crippen molar-refractivity contribution >= 4 is 14.5 Å². The first-order valence-corrected chi connectivity index (χ1v) is 4.62. The monoisotopic (exact) mass is 303 g/mol. The molecule has 1 heterocycles.